The van der Waals surface area contributed by atoms with E-state index < -0.39 is 0 Å². The molecule has 1 unspecified atom stereocenters. The largest absolute Gasteiger partial charge is 0.252 e. The summed E-state index contributed by atoms with van der Waals surface area (Å²) in [5.74, 6) is 0. The van der Waals surface area contributed by atoms with Crippen LogP contribution in [0.1, 0.15) is 12.4 Å². The van der Waals surface area contributed by atoms with Gasteiger partial charge in [-0.15, -0.1) is 0 Å². The highest BCUT2D eigenvalue weighted by Crippen LogP contribution is 2.09. The summed E-state index contributed by atoms with van der Waals surface area (Å²) in [6.45, 7) is 1.93. The quantitative estimate of drug-likeness (QED) is 0.514. The summed E-state index contributed by atoms with van der Waals surface area (Å²) in [4.78, 5) is 0. The molecular weight excluding hydrogens is 172 g/mol. The van der Waals surface area contributed by atoms with Crippen LogP contribution in [-0.2, 0) is 0 Å². The molecule has 0 aliphatic rings. The van der Waals surface area contributed by atoms with Crippen molar-refractivity contribution in [1.29, 1.82) is 0 Å². The van der Waals surface area contributed by atoms with Crippen molar-refractivity contribution in [3.05, 3.63) is 30.5 Å². The van der Waals surface area contributed by atoms with Gasteiger partial charge in [0, 0.05) is 6.92 Å². The third-order valence-corrected chi connectivity index (χ3v) is 2.08. The van der Waals surface area contributed by atoms with E-state index in [9.17, 15) is 0 Å². The highest BCUT2D eigenvalue weighted by Gasteiger charge is 2.11. The number of aromatic amines is 1. The van der Waals surface area contributed by atoms with Crippen molar-refractivity contribution in [2.24, 2.45) is 0 Å². The molecule has 1 heterocycles. The molecule has 0 fully saturated rings. The molecule has 0 spiro atoms. The fraction of sp³-hybridized carbons (Fsp3) is 0.222. The Morgan fingerprint density at radius 3 is 2.83 bits per heavy atom. The van der Waals surface area contributed by atoms with Gasteiger partial charge in [-0.25, -0.2) is 0 Å². The lowest BCUT2D eigenvalue weighted by atomic mass is 10.3. The lowest BCUT2D eigenvalue weighted by molar-refractivity contribution is -0.750. The molecule has 0 radical (unpaired) electrons. The number of para-hydroxylation sites is 1. The Labute approximate surface area is 75.8 Å². The maximum atomic E-state index is 5.91. The smallest absolute Gasteiger partial charge is 0.164 e. The van der Waals surface area contributed by atoms with Gasteiger partial charge in [-0.05, 0) is 23.7 Å². The molecule has 3 heteroatoms. The number of halogens is 1. The van der Waals surface area contributed by atoms with Crippen molar-refractivity contribution in [1.82, 2.24) is 5.10 Å². The van der Waals surface area contributed by atoms with E-state index in [2.05, 4.69) is 11.2 Å². The van der Waals surface area contributed by atoms with Gasteiger partial charge in [-0.2, -0.15) is 5.10 Å². The molecule has 1 atom stereocenters. The van der Waals surface area contributed by atoms with Crippen molar-refractivity contribution in [2.45, 2.75) is 12.4 Å². The number of nitrogens with one attached hydrogen (secondary N) is 1. The summed E-state index contributed by atoms with van der Waals surface area (Å²) in [5.41, 5.74) is 1.09. The highest BCUT2D eigenvalue weighted by atomic mass is 35.5. The predicted octanol–water partition coefficient (Wildman–Crippen LogP) is 2.21. The van der Waals surface area contributed by atoms with E-state index in [1.165, 1.54) is 5.39 Å². The number of benzene rings is 1. The van der Waals surface area contributed by atoms with Crippen molar-refractivity contribution >= 4 is 22.5 Å². The standard InChI is InChI=1S/C9H9ClN2/c1-7(10)12-6-8-4-2-3-5-9(8)11-12/h2-7H,1H3/p+1. The minimum atomic E-state index is -0.0302. The van der Waals surface area contributed by atoms with Crippen LogP contribution < -0.4 is 4.68 Å². The second kappa shape index (κ2) is 2.79. The first kappa shape index (κ1) is 7.62. The first-order chi connectivity index (χ1) is 5.77. The second-order valence-electron chi connectivity index (χ2n) is 2.81. The Bertz CT molecular complexity index is 359. The summed E-state index contributed by atoms with van der Waals surface area (Å²) in [7, 11) is 0. The predicted molar refractivity (Wildman–Crippen MR) is 49.1 cm³/mol. The Kier molecular flexibility index (Phi) is 1.77. The second-order valence-corrected chi connectivity index (χ2v) is 3.44. The van der Waals surface area contributed by atoms with Crippen LogP contribution in [0.3, 0.4) is 0 Å². The monoisotopic (exact) mass is 181 g/mol. The Morgan fingerprint density at radius 1 is 1.42 bits per heavy atom. The van der Waals surface area contributed by atoms with Crippen LogP contribution in [0.5, 0.6) is 0 Å². The molecule has 0 aliphatic heterocycles. The first-order valence-corrected chi connectivity index (χ1v) is 4.34. The molecule has 0 saturated carbocycles. The van der Waals surface area contributed by atoms with Crippen LogP contribution in [0.15, 0.2) is 30.5 Å². The fourth-order valence-corrected chi connectivity index (χ4v) is 1.33. The molecule has 0 amide bonds. The molecule has 2 nitrogen and oxygen atoms in total. The maximum Gasteiger partial charge on any atom is 0.252 e. The van der Waals surface area contributed by atoms with Gasteiger partial charge in [0.05, 0.1) is 5.39 Å². The first-order valence-electron chi connectivity index (χ1n) is 3.90. The molecule has 0 saturated heterocycles. The van der Waals surface area contributed by atoms with Crippen LogP contribution in [0.25, 0.3) is 10.9 Å². The molecule has 0 bridgehead atoms. The van der Waals surface area contributed by atoms with E-state index in [1.54, 1.807) is 0 Å². The number of aromatic nitrogens is 2. The van der Waals surface area contributed by atoms with E-state index in [-0.39, 0.29) is 5.50 Å². The summed E-state index contributed by atoms with van der Waals surface area (Å²) in [6.07, 6.45) is 2.01. The van der Waals surface area contributed by atoms with E-state index in [1.807, 2.05) is 36.0 Å². The summed E-state index contributed by atoms with van der Waals surface area (Å²) >= 11 is 5.91. The topological polar surface area (TPSA) is 19.7 Å². The average Bonchev–Trinajstić information content (AvgIpc) is 2.46. The normalized spacial score (nSPS) is 13.5. The molecule has 2 aromatic rings. The minimum absolute atomic E-state index is 0.0302. The van der Waals surface area contributed by atoms with Crippen molar-refractivity contribution in [2.75, 3.05) is 0 Å². The number of hydrogen-bond donors (Lipinski definition) is 1. The van der Waals surface area contributed by atoms with Crippen LogP contribution in [0.4, 0.5) is 0 Å². The lowest BCUT2D eigenvalue weighted by Crippen LogP contribution is -2.35. The fourth-order valence-electron chi connectivity index (χ4n) is 1.22. The van der Waals surface area contributed by atoms with Gasteiger partial charge in [0.1, 0.15) is 5.52 Å². The maximum absolute atomic E-state index is 5.91. The number of H-pyrrole nitrogens is 1. The van der Waals surface area contributed by atoms with Gasteiger partial charge in [0.15, 0.2) is 0 Å². The van der Waals surface area contributed by atoms with Crippen LogP contribution >= 0.6 is 11.6 Å². The average molecular weight is 182 g/mol. The summed E-state index contributed by atoms with van der Waals surface area (Å²) < 4.78 is 1.88. The Balaban J connectivity index is 2.62. The molecular formula is C9H10ClN2+. The third kappa shape index (κ3) is 1.18. The van der Waals surface area contributed by atoms with Crippen molar-refractivity contribution in [3.63, 3.8) is 0 Å². The molecule has 2 rings (SSSR count). The van der Waals surface area contributed by atoms with Crippen molar-refractivity contribution < 1.29 is 4.68 Å². The molecule has 0 aliphatic carbocycles. The number of alkyl halides is 1. The molecule has 62 valence electrons. The Hall–Kier alpha value is -1.02. The minimum Gasteiger partial charge on any atom is -0.164 e. The SMILES string of the molecule is CC(Cl)[n+]1cc2ccccc2[nH]1. The molecule has 12 heavy (non-hydrogen) atoms. The zero-order chi connectivity index (χ0) is 8.55. The highest BCUT2D eigenvalue weighted by molar-refractivity contribution is 6.17. The number of rotatable bonds is 1. The van der Waals surface area contributed by atoms with Crippen LogP contribution in [-0.4, -0.2) is 5.10 Å². The van der Waals surface area contributed by atoms with Crippen LogP contribution in [0.2, 0.25) is 0 Å². The third-order valence-electron chi connectivity index (χ3n) is 1.87. The van der Waals surface area contributed by atoms with E-state index in [0.29, 0.717) is 0 Å². The van der Waals surface area contributed by atoms with Crippen LogP contribution in [0, 0.1) is 0 Å². The van der Waals surface area contributed by atoms with Crippen molar-refractivity contribution in [3.8, 4) is 0 Å². The summed E-state index contributed by atoms with van der Waals surface area (Å²) in [5, 5.41) is 4.36. The number of hydrogen-bond acceptors (Lipinski definition) is 0. The lowest BCUT2D eigenvalue weighted by Gasteiger charge is -1.88. The van der Waals surface area contributed by atoms with Gasteiger partial charge in [0.25, 0.3) is 5.50 Å². The van der Waals surface area contributed by atoms with E-state index in [0.717, 1.165) is 5.52 Å². The zero-order valence-electron chi connectivity index (χ0n) is 6.79. The zero-order valence-corrected chi connectivity index (χ0v) is 7.55. The van der Waals surface area contributed by atoms with Gasteiger partial charge in [-0.3, -0.25) is 0 Å². The van der Waals surface area contributed by atoms with Gasteiger partial charge in [-0.1, -0.05) is 16.8 Å². The van der Waals surface area contributed by atoms with Gasteiger partial charge in [0.2, 0.25) is 6.20 Å². The molecule has 1 aromatic carbocycles. The van der Waals surface area contributed by atoms with E-state index in [4.69, 9.17) is 11.6 Å². The Morgan fingerprint density at radius 2 is 2.17 bits per heavy atom. The summed E-state index contributed by atoms with van der Waals surface area (Å²) in [6, 6.07) is 8.11. The van der Waals surface area contributed by atoms with Gasteiger partial charge < -0.3 is 0 Å². The number of nitrogens with zero attached hydrogens (tertiary/aromatic N) is 1. The molecule has 1 N–H and O–H groups in total. The van der Waals surface area contributed by atoms with E-state index >= 15 is 0 Å². The van der Waals surface area contributed by atoms with Gasteiger partial charge >= 0.3 is 0 Å². The number of fused-ring (bicyclic) bond motifs is 1. The molecule has 1 aromatic heterocycles.